The van der Waals surface area contributed by atoms with E-state index in [1.54, 1.807) is 13.8 Å². The van der Waals surface area contributed by atoms with E-state index in [0.29, 0.717) is 6.42 Å². The van der Waals surface area contributed by atoms with Crippen LogP contribution in [0, 0.1) is 5.41 Å². The maximum absolute atomic E-state index is 12.1. The SMILES string of the molecule is CC(C)(Cc1ccccc1)C(=O)NCC(=O)NCC(=O)O. The average Bonchev–Trinajstić information content (AvgIpc) is 2.43. The largest absolute Gasteiger partial charge is 0.480 e. The predicted octanol–water partition coefficient (Wildman–Crippen LogP) is 0.572. The first-order valence-electron chi connectivity index (χ1n) is 6.62. The van der Waals surface area contributed by atoms with Gasteiger partial charge in [-0.15, -0.1) is 0 Å². The summed E-state index contributed by atoms with van der Waals surface area (Å²) in [5.74, 6) is -1.91. The minimum Gasteiger partial charge on any atom is -0.480 e. The first-order valence-corrected chi connectivity index (χ1v) is 6.62. The summed E-state index contributed by atoms with van der Waals surface area (Å²) in [6.45, 7) is 2.90. The summed E-state index contributed by atoms with van der Waals surface area (Å²) in [4.78, 5) is 33.8. The van der Waals surface area contributed by atoms with Gasteiger partial charge in [0.1, 0.15) is 6.54 Å². The van der Waals surface area contributed by atoms with Crippen LogP contribution in [0.2, 0.25) is 0 Å². The van der Waals surface area contributed by atoms with E-state index >= 15 is 0 Å². The number of hydrogen-bond acceptors (Lipinski definition) is 3. The Bertz CT molecular complexity index is 512. The van der Waals surface area contributed by atoms with E-state index in [9.17, 15) is 14.4 Å². The molecule has 0 radical (unpaired) electrons. The van der Waals surface area contributed by atoms with Crippen molar-refractivity contribution < 1.29 is 19.5 Å². The van der Waals surface area contributed by atoms with Crippen LogP contribution in [-0.2, 0) is 20.8 Å². The number of rotatable bonds is 7. The minimum absolute atomic E-state index is 0.232. The molecule has 1 rings (SSSR count). The van der Waals surface area contributed by atoms with E-state index in [1.165, 1.54) is 0 Å². The van der Waals surface area contributed by atoms with Crippen molar-refractivity contribution in [3.05, 3.63) is 35.9 Å². The number of amides is 2. The molecular weight excluding hydrogens is 272 g/mol. The Morgan fingerprint density at radius 3 is 2.24 bits per heavy atom. The lowest BCUT2D eigenvalue weighted by Gasteiger charge is -2.23. The number of carbonyl (C=O) groups excluding carboxylic acids is 2. The van der Waals surface area contributed by atoms with Crippen molar-refractivity contribution in [3.8, 4) is 0 Å². The molecule has 2 amide bonds. The summed E-state index contributed by atoms with van der Waals surface area (Å²) in [6.07, 6.45) is 0.552. The Kier molecular flexibility index (Phi) is 5.90. The van der Waals surface area contributed by atoms with Gasteiger partial charge < -0.3 is 15.7 Å². The Hall–Kier alpha value is -2.37. The standard InChI is InChI=1S/C15H20N2O4/c1-15(2,8-11-6-4-3-5-7-11)14(21)17-9-12(18)16-10-13(19)20/h3-7H,8-10H2,1-2H3,(H,16,18)(H,17,21)(H,19,20). The van der Waals surface area contributed by atoms with Gasteiger partial charge in [-0.2, -0.15) is 0 Å². The Morgan fingerprint density at radius 2 is 1.67 bits per heavy atom. The summed E-state index contributed by atoms with van der Waals surface area (Å²) in [7, 11) is 0. The molecule has 114 valence electrons. The second kappa shape index (κ2) is 7.42. The average molecular weight is 292 g/mol. The third-order valence-electron chi connectivity index (χ3n) is 2.95. The van der Waals surface area contributed by atoms with Gasteiger partial charge >= 0.3 is 5.97 Å². The van der Waals surface area contributed by atoms with Crippen LogP contribution in [0.25, 0.3) is 0 Å². The number of aliphatic carboxylic acids is 1. The van der Waals surface area contributed by atoms with Crippen molar-refractivity contribution in [2.75, 3.05) is 13.1 Å². The number of nitrogens with one attached hydrogen (secondary N) is 2. The smallest absolute Gasteiger partial charge is 0.322 e. The van der Waals surface area contributed by atoms with E-state index in [0.717, 1.165) is 5.56 Å². The molecule has 0 spiro atoms. The fraction of sp³-hybridized carbons (Fsp3) is 0.400. The van der Waals surface area contributed by atoms with E-state index in [2.05, 4.69) is 10.6 Å². The van der Waals surface area contributed by atoms with Crippen LogP contribution in [0.4, 0.5) is 0 Å². The van der Waals surface area contributed by atoms with Crippen molar-refractivity contribution in [1.82, 2.24) is 10.6 Å². The predicted molar refractivity (Wildman–Crippen MR) is 77.6 cm³/mol. The molecule has 0 aliphatic heterocycles. The van der Waals surface area contributed by atoms with Gasteiger partial charge in [0.25, 0.3) is 0 Å². The lowest BCUT2D eigenvalue weighted by atomic mass is 9.85. The van der Waals surface area contributed by atoms with Gasteiger partial charge in [-0.05, 0) is 12.0 Å². The van der Waals surface area contributed by atoms with Crippen LogP contribution in [0.15, 0.2) is 30.3 Å². The second-order valence-corrected chi connectivity index (χ2v) is 5.40. The topological polar surface area (TPSA) is 95.5 Å². The molecule has 1 aromatic rings. The molecular formula is C15H20N2O4. The highest BCUT2D eigenvalue weighted by atomic mass is 16.4. The zero-order chi connectivity index (χ0) is 15.9. The second-order valence-electron chi connectivity index (χ2n) is 5.40. The molecule has 0 aliphatic rings. The van der Waals surface area contributed by atoms with Gasteiger partial charge in [0, 0.05) is 5.41 Å². The third kappa shape index (κ3) is 6.07. The van der Waals surface area contributed by atoms with Gasteiger partial charge in [0.05, 0.1) is 6.54 Å². The molecule has 0 aliphatic carbocycles. The quantitative estimate of drug-likeness (QED) is 0.684. The Morgan fingerprint density at radius 1 is 1.05 bits per heavy atom. The van der Waals surface area contributed by atoms with E-state index in [4.69, 9.17) is 5.11 Å². The highest BCUT2D eigenvalue weighted by molar-refractivity contribution is 5.88. The highest BCUT2D eigenvalue weighted by Crippen LogP contribution is 2.21. The molecule has 0 saturated carbocycles. The molecule has 3 N–H and O–H groups in total. The first kappa shape index (κ1) is 16.7. The van der Waals surface area contributed by atoms with Crippen LogP contribution in [0.1, 0.15) is 19.4 Å². The van der Waals surface area contributed by atoms with Crippen molar-refractivity contribution in [2.24, 2.45) is 5.41 Å². The van der Waals surface area contributed by atoms with Crippen molar-refractivity contribution >= 4 is 17.8 Å². The molecule has 21 heavy (non-hydrogen) atoms. The summed E-state index contributed by atoms with van der Waals surface area (Å²) in [5, 5.41) is 13.1. The number of benzene rings is 1. The van der Waals surface area contributed by atoms with Crippen LogP contribution in [0.5, 0.6) is 0 Å². The molecule has 0 heterocycles. The fourth-order valence-electron chi connectivity index (χ4n) is 1.82. The van der Waals surface area contributed by atoms with Gasteiger partial charge in [0.2, 0.25) is 11.8 Å². The Labute approximate surface area is 123 Å². The zero-order valence-electron chi connectivity index (χ0n) is 12.2. The number of carbonyl (C=O) groups is 3. The van der Waals surface area contributed by atoms with Crippen LogP contribution >= 0.6 is 0 Å². The Balaban J connectivity index is 2.46. The van der Waals surface area contributed by atoms with Crippen molar-refractivity contribution in [3.63, 3.8) is 0 Å². The van der Waals surface area contributed by atoms with E-state index in [-0.39, 0.29) is 12.5 Å². The zero-order valence-corrected chi connectivity index (χ0v) is 12.2. The fourth-order valence-corrected chi connectivity index (χ4v) is 1.82. The van der Waals surface area contributed by atoms with Crippen LogP contribution in [-0.4, -0.2) is 36.0 Å². The number of carboxylic acids is 1. The van der Waals surface area contributed by atoms with Gasteiger partial charge in [-0.1, -0.05) is 44.2 Å². The van der Waals surface area contributed by atoms with E-state index < -0.39 is 23.8 Å². The molecule has 0 fully saturated rings. The molecule has 0 atom stereocenters. The molecule has 6 heteroatoms. The summed E-state index contributed by atoms with van der Waals surface area (Å²) >= 11 is 0. The lowest BCUT2D eigenvalue weighted by molar-refractivity contribution is -0.138. The molecule has 0 unspecified atom stereocenters. The molecule has 0 saturated heterocycles. The number of hydrogen-bond donors (Lipinski definition) is 3. The molecule has 0 bridgehead atoms. The van der Waals surface area contributed by atoms with Crippen LogP contribution in [0.3, 0.4) is 0 Å². The van der Waals surface area contributed by atoms with Gasteiger partial charge in [-0.3, -0.25) is 14.4 Å². The minimum atomic E-state index is -1.13. The highest BCUT2D eigenvalue weighted by Gasteiger charge is 2.28. The monoisotopic (exact) mass is 292 g/mol. The number of carboxylic acid groups (broad SMARTS) is 1. The summed E-state index contributed by atoms with van der Waals surface area (Å²) in [6, 6.07) is 9.60. The maximum Gasteiger partial charge on any atom is 0.322 e. The summed E-state index contributed by atoms with van der Waals surface area (Å²) < 4.78 is 0. The van der Waals surface area contributed by atoms with Gasteiger partial charge in [0.15, 0.2) is 0 Å². The lowest BCUT2D eigenvalue weighted by Crippen LogP contribution is -2.44. The van der Waals surface area contributed by atoms with Crippen LogP contribution < -0.4 is 10.6 Å². The van der Waals surface area contributed by atoms with Crippen molar-refractivity contribution in [1.29, 1.82) is 0 Å². The molecule has 1 aromatic carbocycles. The molecule has 6 nitrogen and oxygen atoms in total. The van der Waals surface area contributed by atoms with Gasteiger partial charge in [-0.25, -0.2) is 0 Å². The first-order chi connectivity index (χ1) is 9.81. The summed E-state index contributed by atoms with van der Waals surface area (Å²) in [5.41, 5.74) is 0.377. The van der Waals surface area contributed by atoms with E-state index in [1.807, 2.05) is 30.3 Å². The van der Waals surface area contributed by atoms with Crippen molar-refractivity contribution in [2.45, 2.75) is 20.3 Å². The normalized spacial score (nSPS) is 10.8. The maximum atomic E-state index is 12.1. The molecule has 0 aromatic heterocycles. The third-order valence-corrected chi connectivity index (χ3v) is 2.95.